The summed E-state index contributed by atoms with van der Waals surface area (Å²) in [7, 11) is 1.37. The molecule has 0 amide bonds. The topological polar surface area (TPSA) is 47.3 Å². The van der Waals surface area contributed by atoms with Crippen LogP contribution in [0.2, 0.25) is 0 Å². The van der Waals surface area contributed by atoms with Gasteiger partial charge >= 0.3 is 0 Å². The first kappa shape index (κ1) is 13.1. The molecule has 0 aliphatic rings. The fraction of sp³-hybridized carbons (Fsp3) is 0.143. The summed E-state index contributed by atoms with van der Waals surface area (Å²) in [6, 6.07) is 7.11. The Morgan fingerprint density at radius 1 is 1.11 bits per heavy atom. The lowest BCUT2D eigenvalue weighted by molar-refractivity contribution is 0.387. The smallest absolute Gasteiger partial charge is 0.167 e. The van der Waals surface area contributed by atoms with E-state index >= 15 is 0 Å². The van der Waals surface area contributed by atoms with Crippen molar-refractivity contribution in [2.24, 2.45) is 0 Å². The number of nitrogens with one attached hydrogen (secondary N) is 1. The van der Waals surface area contributed by atoms with E-state index in [1.54, 1.807) is 13.0 Å². The highest BCUT2D eigenvalue weighted by molar-refractivity contribution is 5.74. The van der Waals surface area contributed by atoms with E-state index in [4.69, 9.17) is 10.5 Å². The normalized spacial score (nSPS) is 10.3. The number of ether oxygens (including phenoxy) is 1. The van der Waals surface area contributed by atoms with Crippen molar-refractivity contribution < 1.29 is 13.5 Å². The summed E-state index contributed by atoms with van der Waals surface area (Å²) in [6.07, 6.45) is 0. The largest absolute Gasteiger partial charge is 0.494 e. The zero-order valence-electron chi connectivity index (χ0n) is 10.6. The molecule has 0 atom stereocenters. The van der Waals surface area contributed by atoms with Crippen LogP contribution >= 0.6 is 0 Å². The molecule has 100 valence electrons. The van der Waals surface area contributed by atoms with Gasteiger partial charge in [-0.05, 0) is 30.7 Å². The van der Waals surface area contributed by atoms with E-state index in [1.165, 1.54) is 25.3 Å². The second-order valence-corrected chi connectivity index (χ2v) is 4.22. The summed E-state index contributed by atoms with van der Waals surface area (Å²) in [4.78, 5) is 0. The molecule has 2 aromatic carbocycles. The van der Waals surface area contributed by atoms with Gasteiger partial charge in [-0.25, -0.2) is 8.78 Å². The average molecular weight is 264 g/mol. The lowest BCUT2D eigenvalue weighted by Gasteiger charge is -2.12. The Hall–Kier alpha value is -2.30. The number of halogens is 2. The predicted molar refractivity (Wildman–Crippen MR) is 71.8 cm³/mol. The number of hydrogen-bond donors (Lipinski definition) is 2. The van der Waals surface area contributed by atoms with E-state index in [0.29, 0.717) is 11.4 Å². The van der Waals surface area contributed by atoms with Gasteiger partial charge in [-0.15, -0.1) is 0 Å². The summed E-state index contributed by atoms with van der Waals surface area (Å²) in [5, 5.41) is 2.94. The first-order valence-corrected chi connectivity index (χ1v) is 5.67. The van der Waals surface area contributed by atoms with Gasteiger partial charge in [0.25, 0.3) is 0 Å². The molecule has 3 N–H and O–H groups in total. The number of rotatable bonds is 3. The Labute approximate surface area is 110 Å². The zero-order valence-corrected chi connectivity index (χ0v) is 10.6. The highest BCUT2D eigenvalue weighted by atomic mass is 19.1. The van der Waals surface area contributed by atoms with Crippen LogP contribution in [0, 0.1) is 18.6 Å². The minimum atomic E-state index is -0.541. The van der Waals surface area contributed by atoms with Gasteiger partial charge in [-0.3, -0.25) is 0 Å². The van der Waals surface area contributed by atoms with Gasteiger partial charge < -0.3 is 15.8 Å². The number of nitrogens with two attached hydrogens (primary N) is 1. The van der Waals surface area contributed by atoms with Gasteiger partial charge in [0.1, 0.15) is 5.82 Å². The second-order valence-electron chi connectivity index (χ2n) is 4.22. The number of aryl methyl sites for hydroxylation is 1. The maximum atomic E-state index is 13.4. The standard InChI is InChI=1S/C14H14F2N2O/c1-8-3-9(15)5-10(4-8)18-13-7-14(19-2)11(16)6-12(13)17/h3-7,18H,17H2,1-2H3. The molecular weight excluding hydrogens is 250 g/mol. The predicted octanol–water partition coefficient (Wildman–Crippen LogP) is 3.61. The minimum absolute atomic E-state index is 0.0739. The molecule has 5 heteroatoms. The van der Waals surface area contributed by atoms with Gasteiger partial charge in [-0.2, -0.15) is 0 Å². The fourth-order valence-electron chi connectivity index (χ4n) is 1.80. The van der Waals surface area contributed by atoms with Crippen LogP contribution in [-0.2, 0) is 0 Å². The van der Waals surface area contributed by atoms with Gasteiger partial charge in [0.15, 0.2) is 11.6 Å². The number of methoxy groups -OCH3 is 1. The Bertz CT molecular complexity index is 594. The Morgan fingerprint density at radius 3 is 2.47 bits per heavy atom. The van der Waals surface area contributed by atoms with E-state index in [1.807, 2.05) is 0 Å². The van der Waals surface area contributed by atoms with Crippen molar-refractivity contribution in [2.75, 3.05) is 18.2 Å². The summed E-state index contributed by atoms with van der Waals surface area (Å²) in [5.74, 6) is -0.819. The van der Waals surface area contributed by atoms with E-state index in [2.05, 4.69) is 5.32 Å². The maximum absolute atomic E-state index is 13.4. The van der Waals surface area contributed by atoms with Gasteiger partial charge in [0, 0.05) is 17.8 Å². The molecule has 0 fully saturated rings. The van der Waals surface area contributed by atoms with E-state index in [-0.39, 0.29) is 17.3 Å². The highest BCUT2D eigenvalue weighted by Gasteiger charge is 2.09. The van der Waals surface area contributed by atoms with Crippen LogP contribution in [0.3, 0.4) is 0 Å². The van der Waals surface area contributed by atoms with Crippen molar-refractivity contribution in [3.8, 4) is 5.75 Å². The Kier molecular flexibility index (Phi) is 3.55. The zero-order chi connectivity index (χ0) is 14.0. The van der Waals surface area contributed by atoms with Crippen LogP contribution in [0.5, 0.6) is 5.75 Å². The molecule has 0 aromatic heterocycles. The van der Waals surface area contributed by atoms with Crippen LogP contribution in [-0.4, -0.2) is 7.11 Å². The van der Waals surface area contributed by atoms with Crippen LogP contribution in [0.4, 0.5) is 25.8 Å². The van der Waals surface area contributed by atoms with Gasteiger partial charge in [0.05, 0.1) is 18.5 Å². The van der Waals surface area contributed by atoms with Crippen LogP contribution in [0.25, 0.3) is 0 Å². The van der Waals surface area contributed by atoms with Crippen molar-refractivity contribution in [3.63, 3.8) is 0 Å². The van der Waals surface area contributed by atoms with Crippen molar-refractivity contribution >= 4 is 17.1 Å². The van der Waals surface area contributed by atoms with E-state index in [9.17, 15) is 8.78 Å². The fourth-order valence-corrected chi connectivity index (χ4v) is 1.80. The van der Waals surface area contributed by atoms with Crippen LogP contribution in [0.15, 0.2) is 30.3 Å². The van der Waals surface area contributed by atoms with Crippen molar-refractivity contribution in [2.45, 2.75) is 6.92 Å². The molecule has 2 rings (SSSR count). The summed E-state index contributed by atoms with van der Waals surface area (Å²) >= 11 is 0. The molecule has 0 unspecified atom stereocenters. The summed E-state index contributed by atoms with van der Waals surface area (Å²) in [6.45, 7) is 1.78. The highest BCUT2D eigenvalue weighted by Crippen LogP contribution is 2.30. The van der Waals surface area contributed by atoms with Crippen LogP contribution < -0.4 is 15.8 Å². The van der Waals surface area contributed by atoms with E-state index < -0.39 is 5.82 Å². The van der Waals surface area contributed by atoms with Crippen molar-refractivity contribution in [1.82, 2.24) is 0 Å². The molecule has 0 bridgehead atoms. The minimum Gasteiger partial charge on any atom is -0.494 e. The van der Waals surface area contributed by atoms with Crippen LogP contribution in [0.1, 0.15) is 5.56 Å². The molecule has 0 spiro atoms. The molecule has 19 heavy (non-hydrogen) atoms. The number of nitrogen functional groups attached to an aromatic ring is 1. The molecule has 0 radical (unpaired) electrons. The number of hydrogen-bond acceptors (Lipinski definition) is 3. The quantitative estimate of drug-likeness (QED) is 0.832. The van der Waals surface area contributed by atoms with E-state index in [0.717, 1.165) is 11.6 Å². The molecule has 0 heterocycles. The SMILES string of the molecule is COc1cc(Nc2cc(C)cc(F)c2)c(N)cc1F. The molecule has 0 saturated heterocycles. The molecule has 0 aliphatic heterocycles. The van der Waals surface area contributed by atoms with Gasteiger partial charge in [-0.1, -0.05) is 0 Å². The summed E-state index contributed by atoms with van der Waals surface area (Å²) < 4.78 is 31.6. The molecular formula is C14H14F2N2O. The third kappa shape index (κ3) is 2.93. The first-order valence-electron chi connectivity index (χ1n) is 5.67. The third-order valence-electron chi connectivity index (χ3n) is 2.65. The van der Waals surface area contributed by atoms with Crippen molar-refractivity contribution in [3.05, 3.63) is 47.5 Å². The lowest BCUT2D eigenvalue weighted by atomic mass is 10.2. The second kappa shape index (κ2) is 5.14. The number of anilines is 3. The lowest BCUT2D eigenvalue weighted by Crippen LogP contribution is -2.00. The average Bonchev–Trinajstić information content (AvgIpc) is 2.31. The monoisotopic (exact) mass is 264 g/mol. The first-order chi connectivity index (χ1) is 8.99. The van der Waals surface area contributed by atoms with Gasteiger partial charge in [0.2, 0.25) is 0 Å². The molecule has 3 nitrogen and oxygen atoms in total. The summed E-state index contributed by atoms with van der Waals surface area (Å²) in [5.41, 5.74) is 7.71. The Morgan fingerprint density at radius 2 is 1.84 bits per heavy atom. The van der Waals surface area contributed by atoms with Crippen molar-refractivity contribution in [1.29, 1.82) is 0 Å². The third-order valence-corrected chi connectivity index (χ3v) is 2.65. The number of benzene rings is 2. The molecule has 0 saturated carbocycles. The Balaban J connectivity index is 2.37. The molecule has 2 aromatic rings. The molecule has 0 aliphatic carbocycles. The maximum Gasteiger partial charge on any atom is 0.167 e.